The number of fused-ring (bicyclic) bond motifs is 1. The molecule has 0 saturated carbocycles. The van der Waals surface area contributed by atoms with Gasteiger partial charge in [-0.25, -0.2) is 9.97 Å². The second-order valence-corrected chi connectivity index (χ2v) is 7.67. The van der Waals surface area contributed by atoms with Gasteiger partial charge < -0.3 is 35.3 Å². The molecule has 4 heterocycles. The number of para-hydroxylation sites is 1. The minimum atomic E-state index is -1.25. The van der Waals surface area contributed by atoms with Gasteiger partial charge in [0.1, 0.15) is 18.3 Å². The van der Waals surface area contributed by atoms with Gasteiger partial charge >= 0.3 is 0 Å². The summed E-state index contributed by atoms with van der Waals surface area (Å²) in [5, 5.41) is 36.6. The molecule has 1 saturated heterocycles. The molecule has 33 heavy (non-hydrogen) atoms. The molecule has 172 valence electrons. The summed E-state index contributed by atoms with van der Waals surface area (Å²) in [7, 11) is 0. The number of nitrogens with zero attached hydrogens (tertiary/aromatic N) is 6. The van der Waals surface area contributed by atoms with Crippen LogP contribution >= 0.6 is 0 Å². The molecular weight excluding hydrogens is 428 g/mol. The molecule has 5 rings (SSSR count). The minimum absolute atomic E-state index is 0.356. The highest BCUT2D eigenvalue weighted by molar-refractivity contribution is 5.86. The number of aliphatic hydroxyl groups excluding tert-OH is 3. The van der Waals surface area contributed by atoms with E-state index in [2.05, 4.69) is 30.6 Å². The van der Waals surface area contributed by atoms with Gasteiger partial charge in [0.25, 0.3) is 0 Å². The number of anilines is 3. The van der Waals surface area contributed by atoms with Crippen molar-refractivity contribution in [2.75, 3.05) is 23.8 Å². The lowest BCUT2D eigenvalue weighted by Crippen LogP contribution is -2.33. The molecule has 0 amide bonds. The molecular formula is C21H24N8O4. The molecule has 4 aromatic rings. The van der Waals surface area contributed by atoms with Gasteiger partial charge in [0, 0.05) is 31.2 Å². The van der Waals surface area contributed by atoms with Crippen molar-refractivity contribution >= 4 is 28.6 Å². The molecule has 0 radical (unpaired) electrons. The third kappa shape index (κ3) is 4.24. The Bertz CT molecular complexity index is 1200. The molecule has 12 nitrogen and oxygen atoms in total. The molecule has 0 unspecified atom stereocenters. The van der Waals surface area contributed by atoms with Crippen molar-refractivity contribution in [3.8, 4) is 0 Å². The van der Waals surface area contributed by atoms with Crippen LogP contribution in [0.5, 0.6) is 0 Å². The van der Waals surface area contributed by atoms with Crippen LogP contribution in [-0.2, 0) is 11.3 Å². The molecule has 12 heteroatoms. The van der Waals surface area contributed by atoms with Gasteiger partial charge in [0.2, 0.25) is 5.95 Å². The first-order chi connectivity index (χ1) is 16.1. The first kappa shape index (κ1) is 21.3. The quantitative estimate of drug-likeness (QED) is 0.255. The summed E-state index contributed by atoms with van der Waals surface area (Å²) in [5.74, 6) is 0.830. The molecule has 3 aromatic heterocycles. The average Bonchev–Trinajstić information content (AvgIpc) is 3.55. The summed E-state index contributed by atoms with van der Waals surface area (Å²) >= 11 is 0. The second kappa shape index (κ2) is 9.11. The van der Waals surface area contributed by atoms with Crippen LogP contribution in [-0.4, -0.2) is 75.9 Å². The summed E-state index contributed by atoms with van der Waals surface area (Å²) in [6.45, 7) is 0.795. The molecule has 0 aliphatic carbocycles. The lowest BCUT2D eigenvalue weighted by molar-refractivity contribution is -0.0511. The van der Waals surface area contributed by atoms with Crippen LogP contribution in [0.3, 0.4) is 0 Å². The van der Waals surface area contributed by atoms with Crippen molar-refractivity contribution < 1.29 is 20.1 Å². The number of ether oxygens (including phenoxy) is 1. The lowest BCUT2D eigenvalue weighted by atomic mass is 10.1. The van der Waals surface area contributed by atoms with Crippen LogP contribution in [0.1, 0.15) is 6.23 Å². The molecule has 5 N–H and O–H groups in total. The third-order valence-electron chi connectivity index (χ3n) is 5.46. The number of rotatable bonds is 8. The fourth-order valence-electron chi connectivity index (χ4n) is 3.75. The Morgan fingerprint density at radius 1 is 1.06 bits per heavy atom. The fourth-order valence-corrected chi connectivity index (χ4v) is 3.75. The van der Waals surface area contributed by atoms with Gasteiger partial charge in [0.15, 0.2) is 23.2 Å². The van der Waals surface area contributed by atoms with E-state index in [4.69, 9.17) is 4.74 Å². The lowest BCUT2D eigenvalue weighted by Gasteiger charge is -2.17. The predicted molar refractivity (Wildman–Crippen MR) is 119 cm³/mol. The number of benzene rings is 1. The van der Waals surface area contributed by atoms with Gasteiger partial charge in [-0.3, -0.25) is 4.57 Å². The summed E-state index contributed by atoms with van der Waals surface area (Å²) in [6.07, 6.45) is 2.44. The molecule has 1 aliphatic heterocycles. The number of nitrogens with one attached hydrogen (secondary N) is 2. The van der Waals surface area contributed by atoms with Crippen LogP contribution in [0.2, 0.25) is 0 Å². The minimum Gasteiger partial charge on any atom is -0.394 e. The van der Waals surface area contributed by atoms with Gasteiger partial charge in [-0.2, -0.15) is 9.97 Å². The van der Waals surface area contributed by atoms with Crippen LogP contribution in [0, 0.1) is 0 Å². The zero-order valence-electron chi connectivity index (χ0n) is 17.6. The van der Waals surface area contributed by atoms with Crippen LogP contribution in [0.25, 0.3) is 11.2 Å². The average molecular weight is 452 g/mol. The highest BCUT2D eigenvalue weighted by atomic mass is 16.6. The highest BCUT2D eigenvalue weighted by Crippen LogP contribution is 2.33. The SMILES string of the molecule is OC[C@H]1O[C@@H](n2cnc3c(Nc4ccccc4)nc(NCCn4ccnc4)nc32)[C@H](O)[C@@H]1O. The maximum atomic E-state index is 10.5. The Morgan fingerprint density at radius 2 is 1.91 bits per heavy atom. The predicted octanol–water partition coefficient (Wildman–Crippen LogP) is 0.490. The Balaban J connectivity index is 1.49. The maximum Gasteiger partial charge on any atom is 0.226 e. The number of aliphatic hydroxyl groups is 3. The first-order valence-electron chi connectivity index (χ1n) is 10.5. The zero-order chi connectivity index (χ0) is 22.8. The smallest absolute Gasteiger partial charge is 0.226 e. The normalized spacial score (nSPS) is 22.6. The Labute approximate surface area is 188 Å². The molecule has 1 aliphatic rings. The molecule has 0 bridgehead atoms. The summed E-state index contributed by atoms with van der Waals surface area (Å²) in [4.78, 5) is 17.6. The third-order valence-corrected chi connectivity index (χ3v) is 5.46. The summed E-state index contributed by atoms with van der Waals surface area (Å²) in [6, 6.07) is 9.54. The van der Waals surface area contributed by atoms with Crippen molar-refractivity contribution in [2.24, 2.45) is 0 Å². The largest absolute Gasteiger partial charge is 0.394 e. The standard InChI is InChI=1S/C21H24N8O4/c30-10-14-16(31)17(32)20(33-14)29-12-24-15-18(25-13-4-2-1-3-5-13)26-21(27-19(15)29)23-7-9-28-8-6-22-11-28/h1-6,8,11-12,14,16-17,20,30-32H,7,9-10H2,(H2,23,25,26,27)/t14-,16-,17-,20-/m1/s1. The van der Waals surface area contributed by atoms with E-state index < -0.39 is 31.1 Å². The van der Waals surface area contributed by atoms with E-state index >= 15 is 0 Å². The van der Waals surface area contributed by atoms with Gasteiger partial charge in [-0.05, 0) is 12.1 Å². The van der Waals surface area contributed by atoms with Crippen molar-refractivity contribution in [3.05, 3.63) is 55.4 Å². The van der Waals surface area contributed by atoms with Gasteiger partial charge in [0.05, 0.1) is 19.3 Å². The van der Waals surface area contributed by atoms with E-state index in [9.17, 15) is 15.3 Å². The van der Waals surface area contributed by atoms with Gasteiger partial charge in [-0.15, -0.1) is 0 Å². The Kier molecular flexibility index (Phi) is 5.88. The van der Waals surface area contributed by atoms with Crippen LogP contribution in [0.15, 0.2) is 55.4 Å². The molecule has 0 spiro atoms. The van der Waals surface area contributed by atoms with E-state index in [1.807, 2.05) is 41.1 Å². The molecule has 4 atom stereocenters. The topological polar surface area (TPSA) is 155 Å². The van der Waals surface area contributed by atoms with Crippen LogP contribution < -0.4 is 10.6 Å². The highest BCUT2D eigenvalue weighted by Gasteiger charge is 2.44. The Hall–Kier alpha value is -3.58. The van der Waals surface area contributed by atoms with Crippen molar-refractivity contribution in [1.29, 1.82) is 0 Å². The number of aromatic nitrogens is 6. The van der Waals surface area contributed by atoms with E-state index in [0.717, 1.165) is 5.69 Å². The van der Waals surface area contributed by atoms with Gasteiger partial charge in [-0.1, -0.05) is 18.2 Å². The van der Waals surface area contributed by atoms with Crippen molar-refractivity contribution in [2.45, 2.75) is 31.1 Å². The molecule has 1 aromatic carbocycles. The Morgan fingerprint density at radius 3 is 2.64 bits per heavy atom. The number of imidazole rings is 2. The zero-order valence-corrected chi connectivity index (χ0v) is 17.6. The number of hydrogen-bond donors (Lipinski definition) is 5. The van der Waals surface area contributed by atoms with Crippen LogP contribution in [0.4, 0.5) is 17.5 Å². The van der Waals surface area contributed by atoms with E-state index in [0.29, 0.717) is 36.0 Å². The monoisotopic (exact) mass is 452 g/mol. The summed E-state index contributed by atoms with van der Waals surface area (Å²) in [5.41, 5.74) is 1.70. The first-order valence-corrected chi connectivity index (χ1v) is 10.5. The second-order valence-electron chi connectivity index (χ2n) is 7.67. The maximum absolute atomic E-state index is 10.5. The van der Waals surface area contributed by atoms with E-state index in [1.165, 1.54) is 10.9 Å². The van der Waals surface area contributed by atoms with Crippen molar-refractivity contribution in [1.82, 2.24) is 29.1 Å². The van der Waals surface area contributed by atoms with E-state index in [1.54, 1.807) is 12.5 Å². The van der Waals surface area contributed by atoms with E-state index in [-0.39, 0.29) is 0 Å². The number of hydrogen-bond acceptors (Lipinski definition) is 10. The summed E-state index contributed by atoms with van der Waals surface area (Å²) < 4.78 is 9.15. The fraction of sp³-hybridized carbons (Fsp3) is 0.333. The van der Waals surface area contributed by atoms with Crippen molar-refractivity contribution in [3.63, 3.8) is 0 Å². The molecule has 1 fully saturated rings.